The van der Waals surface area contributed by atoms with Gasteiger partial charge in [-0.05, 0) is 60.4 Å². The molecule has 0 N–H and O–H groups in total. The fourth-order valence-electron chi connectivity index (χ4n) is 4.04. The van der Waals surface area contributed by atoms with E-state index in [0.29, 0.717) is 48.7 Å². The second-order valence-electron chi connectivity index (χ2n) is 9.28. The van der Waals surface area contributed by atoms with Crippen molar-refractivity contribution in [2.45, 2.75) is 25.3 Å². The molecule has 0 saturated carbocycles. The fraction of sp³-hybridized carbons (Fsp3) is 0.125. The van der Waals surface area contributed by atoms with Gasteiger partial charge in [0.05, 0.1) is 11.1 Å². The first-order chi connectivity index (χ1) is 21.1. The Bertz CT molecular complexity index is 1770. The second kappa shape index (κ2) is 12.9. The van der Waals surface area contributed by atoms with Gasteiger partial charge in [0.25, 0.3) is 0 Å². The summed E-state index contributed by atoms with van der Waals surface area (Å²) in [5.41, 5.74) is -2.83. The lowest BCUT2D eigenvalue weighted by Gasteiger charge is -2.19. The third-order valence-corrected chi connectivity index (χ3v) is 6.07. The van der Waals surface area contributed by atoms with E-state index >= 15 is 0 Å². The topological polar surface area (TPSA) is 18.5 Å². The van der Waals surface area contributed by atoms with Crippen molar-refractivity contribution in [3.05, 3.63) is 130 Å². The first-order valence-corrected chi connectivity index (χ1v) is 12.6. The molecule has 0 spiro atoms. The molecule has 0 radical (unpaired) electrons. The number of hydrogen-bond donors (Lipinski definition) is 0. The first-order valence-electron chi connectivity index (χ1n) is 12.6. The van der Waals surface area contributed by atoms with Gasteiger partial charge in [-0.3, -0.25) is 0 Å². The molecule has 234 valence electrons. The largest absolute Gasteiger partial charge is 0.573 e. The number of aryl methyl sites for hydroxylation is 1. The lowest BCUT2D eigenvalue weighted by molar-refractivity contribution is -0.276. The quantitative estimate of drug-likeness (QED) is 0.108. The minimum absolute atomic E-state index is 0.202. The summed E-state index contributed by atoms with van der Waals surface area (Å²) in [5, 5.41) is 0. The number of hydrogen-bond acceptors (Lipinski definition) is 2. The molecule has 0 aliphatic rings. The minimum atomic E-state index is -5.39. The summed E-state index contributed by atoms with van der Waals surface area (Å²) in [4.78, 5) is 0. The number of benzene rings is 4. The molecular weight excluding hydrogens is 625 g/mol. The molecule has 2 nitrogen and oxygen atoms in total. The predicted molar refractivity (Wildman–Crippen MR) is 140 cm³/mol. The molecule has 0 aliphatic carbocycles. The third-order valence-electron chi connectivity index (χ3n) is 6.07. The zero-order valence-corrected chi connectivity index (χ0v) is 22.4. The van der Waals surface area contributed by atoms with E-state index in [1.165, 1.54) is 6.07 Å². The summed E-state index contributed by atoms with van der Waals surface area (Å²) < 4.78 is 161. The van der Waals surface area contributed by atoms with Crippen molar-refractivity contribution in [1.29, 1.82) is 0 Å². The Morgan fingerprint density at radius 3 is 1.87 bits per heavy atom. The molecule has 0 bridgehead atoms. The van der Waals surface area contributed by atoms with E-state index in [9.17, 15) is 48.3 Å². The summed E-state index contributed by atoms with van der Waals surface area (Å²) in [6.45, 7) is 3.51. The maximum absolute atomic E-state index is 14.7. The van der Waals surface area contributed by atoms with Crippen LogP contribution in [0.5, 0.6) is 11.5 Å². The van der Waals surface area contributed by atoms with Crippen LogP contribution in [0, 0.1) is 46.7 Å². The SMILES string of the molecule is C=CCCc1ccc(C(F)(F)Oc2cc(F)c(C#Cc3ccc(-c4cc(F)c(OC(F)(F)F)c(F)c4)c(F)c3)c(F)c2)c(F)c1. The first kappa shape index (κ1) is 32.9. The zero-order valence-electron chi connectivity index (χ0n) is 22.4. The molecule has 0 aliphatic heterocycles. The smallest absolute Gasteiger partial charge is 0.429 e. The van der Waals surface area contributed by atoms with E-state index in [4.69, 9.17) is 0 Å². The molecule has 0 heterocycles. The Hall–Kier alpha value is -4.99. The van der Waals surface area contributed by atoms with Crippen LogP contribution >= 0.6 is 0 Å². The molecule has 13 heteroatoms. The van der Waals surface area contributed by atoms with E-state index in [0.717, 1.165) is 24.3 Å². The molecule has 4 aromatic carbocycles. The van der Waals surface area contributed by atoms with Crippen molar-refractivity contribution in [3.8, 4) is 34.5 Å². The van der Waals surface area contributed by atoms with Crippen LogP contribution in [0.25, 0.3) is 11.1 Å². The number of ether oxygens (including phenoxy) is 2. The summed E-state index contributed by atoms with van der Waals surface area (Å²) in [7, 11) is 0. The third kappa shape index (κ3) is 7.94. The van der Waals surface area contributed by atoms with Crippen LogP contribution in [0.4, 0.5) is 48.3 Å². The van der Waals surface area contributed by atoms with Crippen molar-refractivity contribution >= 4 is 0 Å². The van der Waals surface area contributed by atoms with Gasteiger partial charge in [-0.25, -0.2) is 26.3 Å². The number of rotatable bonds is 8. The summed E-state index contributed by atoms with van der Waals surface area (Å²) in [5.74, 6) is -7.30. The molecule has 0 aromatic heterocycles. The Balaban J connectivity index is 1.54. The lowest BCUT2D eigenvalue weighted by Crippen LogP contribution is -2.23. The van der Waals surface area contributed by atoms with Crippen molar-refractivity contribution in [2.24, 2.45) is 0 Å². The van der Waals surface area contributed by atoms with Gasteiger partial charge in [-0.1, -0.05) is 30.0 Å². The van der Waals surface area contributed by atoms with Crippen LogP contribution in [0.3, 0.4) is 0 Å². The van der Waals surface area contributed by atoms with Crippen molar-refractivity contribution in [1.82, 2.24) is 0 Å². The van der Waals surface area contributed by atoms with Crippen LogP contribution in [-0.2, 0) is 12.5 Å². The van der Waals surface area contributed by atoms with Crippen LogP contribution in [0.15, 0.2) is 73.3 Å². The number of halogens is 11. The van der Waals surface area contributed by atoms with Gasteiger partial charge in [0.2, 0.25) is 5.75 Å². The average Bonchev–Trinajstić information content (AvgIpc) is 2.92. The molecule has 0 unspecified atom stereocenters. The van der Waals surface area contributed by atoms with Crippen molar-refractivity contribution in [2.75, 3.05) is 0 Å². The highest BCUT2D eigenvalue weighted by atomic mass is 19.4. The van der Waals surface area contributed by atoms with Gasteiger partial charge in [-0.15, -0.1) is 19.8 Å². The van der Waals surface area contributed by atoms with Gasteiger partial charge in [0, 0.05) is 23.3 Å². The molecule has 0 atom stereocenters. The maximum atomic E-state index is 14.7. The molecule has 0 fully saturated rings. The van der Waals surface area contributed by atoms with E-state index in [-0.39, 0.29) is 5.56 Å². The van der Waals surface area contributed by atoms with Gasteiger partial charge in [-0.2, -0.15) is 8.78 Å². The van der Waals surface area contributed by atoms with E-state index in [1.54, 1.807) is 6.08 Å². The normalized spacial score (nSPS) is 11.5. The van der Waals surface area contributed by atoms with Gasteiger partial charge >= 0.3 is 12.5 Å². The predicted octanol–water partition coefficient (Wildman–Crippen LogP) is 9.73. The highest BCUT2D eigenvalue weighted by molar-refractivity contribution is 5.66. The molecule has 4 aromatic rings. The van der Waals surface area contributed by atoms with Crippen molar-refractivity contribution in [3.63, 3.8) is 0 Å². The summed E-state index contributed by atoms with van der Waals surface area (Å²) >= 11 is 0. The Kier molecular flexibility index (Phi) is 9.46. The average molecular weight is 642 g/mol. The highest BCUT2D eigenvalue weighted by Crippen LogP contribution is 2.36. The number of alkyl halides is 5. The van der Waals surface area contributed by atoms with E-state index in [2.05, 4.69) is 27.9 Å². The number of allylic oxidation sites excluding steroid dienone is 1. The molecule has 0 saturated heterocycles. The monoisotopic (exact) mass is 642 g/mol. The summed E-state index contributed by atoms with van der Waals surface area (Å²) in [6, 6.07) is 7.23. The van der Waals surface area contributed by atoms with Crippen molar-refractivity contribution < 1.29 is 57.8 Å². The molecule has 45 heavy (non-hydrogen) atoms. The highest BCUT2D eigenvalue weighted by Gasteiger charge is 2.38. The molecular formula is C32H17F11O2. The minimum Gasteiger partial charge on any atom is -0.429 e. The van der Waals surface area contributed by atoms with Gasteiger partial charge in [0.15, 0.2) is 11.6 Å². The maximum Gasteiger partial charge on any atom is 0.573 e. The zero-order chi connectivity index (χ0) is 33.1. The lowest BCUT2D eigenvalue weighted by atomic mass is 10.0. The van der Waals surface area contributed by atoms with Crippen LogP contribution in [0.1, 0.15) is 28.7 Å². The van der Waals surface area contributed by atoms with Crippen LogP contribution in [0.2, 0.25) is 0 Å². The summed E-state index contributed by atoms with van der Waals surface area (Å²) in [6.07, 6.45) is -7.31. The van der Waals surface area contributed by atoms with Crippen LogP contribution < -0.4 is 9.47 Å². The Morgan fingerprint density at radius 2 is 1.31 bits per heavy atom. The molecule has 0 amide bonds. The van der Waals surface area contributed by atoms with E-state index < -0.39 is 81.1 Å². The molecule has 4 rings (SSSR count). The second-order valence-corrected chi connectivity index (χ2v) is 9.28. The van der Waals surface area contributed by atoms with Crippen LogP contribution in [-0.4, -0.2) is 6.36 Å². The standard InChI is InChI=1S/C32H17F11O2/c1-2-3-4-17-7-10-23(27(36)12-17)31(39,40)44-20-15-25(34)22(26(35)16-20)9-6-18-5-8-21(24(33)11-18)19-13-28(37)30(29(38)14-19)45-32(41,42)43/h2,5,7-8,10-16H,1,3-4H2. The Morgan fingerprint density at radius 1 is 0.667 bits per heavy atom. The van der Waals surface area contributed by atoms with Gasteiger partial charge < -0.3 is 9.47 Å². The van der Waals surface area contributed by atoms with Gasteiger partial charge in [0.1, 0.15) is 29.0 Å². The Labute approximate surface area is 248 Å². The van der Waals surface area contributed by atoms with E-state index in [1.807, 2.05) is 0 Å². The fourth-order valence-corrected chi connectivity index (χ4v) is 4.04.